The van der Waals surface area contributed by atoms with Crippen molar-refractivity contribution in [2.24, 2.45) is 17.6 Å². The molecule has 21 heavy (non-hydrogen) atoms. The van der Waals surface area contributed by atoms with Gasteiger partial charge in [0.05, 0.1) is 13.5 Å². The van der Waals surface area contributed by atoms with Crippen LogP contribution in [0.1, 0.15) is 24.8 Å². The molecule has 2 aliphatic rings. The number of benzene rings is 1. The number of fused-ring (bicyclic) bond motifs is 1. The number of likely N-dealkylation sites (tertiary alicyclic amines) is 1. The van der Waals surface area contributed by atoms with Gasteiger partial charge in [-0.3, -0.25) is 4.79 Å². The van der Waals surface area contributed by atoms with Crippen LogP contribution in [0.5, 0.6) is 5.75 Å². The lowest BCUT2D eigenvalue weighted by Crippen LogP contribution is -2.38. The number of methoxy groups -OCH3 is 1. The number of hydrogen-bond acceptors (Lipinski definition) is 3. The average molecular weight is 288 g/mol. The van der Waals surface area contributed by atoms with Gasteiger partial charge in [0.2, 0.25) is 5.91 Å². The second-order valence-corrected chi connectivity index (χ2v) is 6.31. The van der Waals surface area contributed by atoms with Gasteiger partial charge in [0.1, 0.15) is 5.75 Å². The largest absolute Gasteiger partial charge is 0.496 e. The van der Waals surface area contributed by atoms with Gasteiger partial charge < -0.3 is 15.4 Å². The van der Waals surface area contributed by atoms with Crippen LogP contribution in [0.3, 0.4) is 0 Å². The van der Waals surface area contributed by atoms with Crippen molar-refractivity contribution < 1.29 is 9.53 Å². The summed E-state index contributed by atoms with van der Waals surface area (Å²) in [5, 5.41) is 0. The van der Waals surface area contributed by atoms with Crippen LogP contribution in [0.4, 0.5) is 0 Å². The van der Waals surface area contributed by atoms with E-state index in [1.54, 1.807) is 7.11 Å². The number of carbonyl (C=O) groups excluding carboxylic acids is 1. The van der Waals surface area contributed by atoms with E-state index >= 15 is 0 Å². The van der Waals surface area contributed by atoms with Crippen molar-refractivity contribution in [3.8, 4) is 5.75 Å². The summed E-state index contributed by atoms with van der Waals surface area (Å²) in [6, 6.07) is 8.02. The van der Waals surface area contributed by atoms with E-state index in [9.17, 15) is 4.79 Å². The van der Waals surface area contributed by atoms with Gasteiger partial charge in [0, 0.05) is 24.7 Å². The first-order chi connectivity index (χ1) is 10.2. The van der Waals surface area contributed by atoms with E-state index in [2.05, 4.69) is 0 Å². The van der Waals surface area contributed by atoms with Crippen molar-refractivity contribution in [3.05, 3.63) is 29.8 Å². The molecule has 3 atom stereocenters. The Morgan fingerprint density at radius 3 is 2.90 bits per heavy atom. The first kappa shape index (κ1) is 14.4. The zero-order valence-corrected chi connectivity index (χ0v) is 12.6. The summed E-state index contributed by atoms with van der Waals surface area (Å²) in [5.74, 6) is 2.09. The Hall–Kier alpha value is -1.55. The van der Waals surface area contributed by atoms with Gasteiger partial charge >= 0.3 is 0 Å². The van der Waals surface area contributed by atoms with Crippen LogP contribution in [0, 0.1) is 11.8 Å². The lowest BCUT2D eigenvalue weighted by molar-refractivity contribution is -0.129. The normalized spacial score (nSPS) is 28.3. The monoisotopic (exact) mass is 288 g/mol. The number of ether oxygens (including phenoxy) is 1. The fourth-order valence-corrected chi connectivity index (χ4v) is 3.84. The molecule has 1 heterocycles. The van der Waals surface area contributed by atoms with Crippen molar-refractivity contribution in [3.63, 3.8) is 0 Å². The van der Waals surface area contributed by atoms with E-state index in [0.29, 0.717) is 18.3 Å². The predicted octanol–water partition coefficient (Wildman–Crippen LogP) is 1.82. The molecule has 0 spiro atoms. The Labute approximate surface area is 126 Å². The van der Waals surface area contributed by atoms with Crippen molar-refractivity contribution in [1.29, 1.82) is 0 Å². The van der Waals surface area contributed by atoms with Gasteiger partial charge in [0.25, 0.3) is 0 Å². The van der Waals surface area contributed by atoms with E-state index in [1.165, 1.54) is 12.8 Å². The molecule has 2 N–H and O–H groups in total. The highest BCUT2D eigenvalue weighted by molar-refractivity contribution is 5.79. The van der Waals surface area contributed by atoms with E-state index in [0.717, 1.165) is 30.8 Å². The van der Waals surface area contributed by atoms with Crippen LogP contribution in [0.2, 0.25) is 0 Å². The standard InChI is InChI=1S/C17H24N2O2/c1-21-16-8-3-2-5-12(16)9-17(20)19-10-13-6-4-7-15(18)14(13)11-19/h2-3,5,8,13-15H,4,6-7,9-11,18H2,1H3. The second-order valence-electron chi connectivity index (χ2n) is 6.31. The molecule has 0 aromatic heterocycles. The number of rotatable bonds is 3. The molecule has 1 aliphatic carbocycles. The smallest absolute Gasteiger partial charge is 0.227 e. The van der Waals surface area contributed by atoms with Gasteiger partial charge in [-0.05, 0) is 30.7 Å². The summed E-state index contributed by atoms with van der Waals surface area (Å²) in [5.41, 5.74) is 7.18. The first-order valence-electron chi connectivity index (χ1n) is 7.84. The summed E-state index contributed by atoms with van der Waals surface area (Å²) in [7, 11) is 1.65. The van der Waals surface area contributed by atoms with Crippen molar-refractivity contribution in [2.45, 2.75) is 31.7 Å². The third-order valence-electron chi connectivity index (χ3n) is 5.04. The highest BCUT2D eigenvalue weighted by Crippen LogP contribution is 2.35. The quantitative estimate of drug-likeness (QED) is 0.923. The summed E-state index contributed by atoms with van der Waals surface area (Å²) in [6.07, 6.45) is 3.95. The number of hydrogen-bond donors (Lipinski definition) is 1. The molecule has 1 saturated carbocycles. The summed E-state index contributed by atoms with van der Waals surface area (Å²) >= 11 is 0. The Kier molecular flexibility index (Phi) is 4.15. The fraction of sp³-hybridized carbons (Fsp3) is 0.588. The maximum Gasteiger partial charge on any atom is 0.227 e. The minimum atomic E-state index is 0.195. The maximum atomic E-state index is 12.6. The fourth-order valence-electron chi connectivity index (χ4n) is 3.84. The second kappa shape index (κ2) is 6.06. The third-order valence-corrected chi connectivity index (χ3v) is 5.04. The van der Waals surface area contributed by atoms with Crippen LogP contribution in [0.15, 0.2) is 24.3 Å². The molecule has 0 radical (unpaired) electrons. The summed E-state index contributed by atoms with van der Waals surface area (Å²) in [6.45, 7) is 1.71. The minimum Gasteiger partial charge on any atom is -0.496 e. The van der Waals surface area contributed by atoms with Crippen LogP contribution in [-0.2, 0) is 11.2 Å². The SMILES string of the molecule is COc1ccccc1CC(=O)N1CC2CCCC(N)C2C1. The maximum absolute atomic E-state index is 12.6. The number of nitrogens with zero attached hydrogens (tertiary/aromatic N) is 1. The van der Waals surface area contributed by atoms with Gasteiger partial charge in [0.15, 0.2) is 0 Å². The Balaban J connectivity index is 1.66. The molecule has 1 amide bonds. The highest BCUT2D eigenvalue weighted by atomic mass is 16.5. The Morgan fingerprint density at radius 2 is 2.14 bits per heavy atom. The lowest BCUT2D eigenvalue weighted by atomic mass is 9.78. The summed E-state index contributed by atoms with van der Waals surface area (Å²) < 4.78 is 5.33. The van der Waals surface area contributed by atoms with Crippen molar-refractivity contribution >= 4 is 5.91 Å². The van der Waals surface area contributed by atoms with E-state index in [1.807, 2.05) is 29.2 Å². The van der Waals surface area contributed by atoms with Crippen LogP contribution < -0.4 is 10.5 Å². The topological polar surface area (TPSA) is 55.6 Å². The molecular weight excluding hydrogens is 264 g/mol. The minimum absolute atomic E-state index is 0.195. The number of amides is 1. The van der Waals surface area contributed by atoms with Gasteiger partial charge in [-0.25, -0.2) is 0 Å². The van der Waals surface area contributed by atoms with Crippen molar-refractivity contribution in [1.82, 2.24) is 4.90 Å². The zero-order chi connectivity index (χ0) is 14.8. The zero-order valence-electron chi connectivity index (χ0n) is 12.6. The molecule has 4 nitrogen and oxygen atoms in total. The summed E-state index contributed by atoms with van der Waals surface area (Å²) in [4.78, 5) is 14.6. The van der Waals surface area contributed by atoms with E-state index in [-0.39, 0.29) is 11.9 Å². The number of carbonyl (C=O) groups is 1. The molecule has 114 valence electrons. The number of nitrogens with two attached hydrogens (primary N) is 1. The lowest BCUT2D eigenvalue weighted by Gasteiger charge is -2.29. The Bertz CT molecular complexity index is 517. The molecule has 1 saturated heterocycles. The highest BCUT2D eigenvalue weighted by Gasteiger charge is 2.40. The number of para-hydroxylation sites is 1. The van der Waals surface area contributed by atoms with Gasteiger partial charge in [-0.15, -0.1) is 0 Å². The molecule has 3 rings (SSSR count). The van der Waals surface area contributed by atoms with Crippen LogP contribution in [0.25, 0.3) is 0 Å². The molecule has 4 heteroatoms. The van der Waals surface area contributed by atoms with Crippen LogP contribution in [-0.4, -0.2) is 37.0 Å². The molecular formula is C17H24N2O2. The molecule has 1 aromatic carbocycles. The predicted molar refractivity (Wildman–Crippen MR) is 82.1 cm³/mol. The van der Waals surface area contributed by atoms with E-state index < -0.39 is 0 Å². The molecule has 0 bridgehead atoms. The van der Waals surface area contributed by atoms with Crippen molar-refractivity contribution in [2.75, 3.05) is 20.2 Å². The molecule has 1 aliphatic heterocycles. The molecule has 2 fully saturated rings. The molecule has 1 aromatic rings. The van der Waals surface area contributed by atoms with E-state index in [4.69, 9.17) is 10.5 Å². The first-order valence-corrected chi connectivity index (χ1v) is 7.84. The van der Waals surface area contributed by atoms with Crippen LogP contribution >= 0.6 is 0 Å². The van der Waals surface area contributed by atoms with Gasteiger partial charge in [-0.1, -0.05) is 24.6 Å². The third kappa shape index (κ3) is 2.91. The van der Waals surface area contributed by atoms with Gasteiger partial charge in [-0.2, -0.15) is 0 Å². The Morgan fingerprint density at radius 1 is 1.33 bits per heavy atom. The molecule has 3 unspecified atom stereocenters. The average Bonchev–Trinajstić information content (AvgIpc) is 2.93.